The van der Waals surface area contributed by atoms with Crippen molar-refractivity contribution in [2.24, 2.45) is 0 Å². The van der Waals surface area contributed by atoms with Crippen LogP contribution in [0.2, 0.25) is 0 Å². The van der Waals surface area contributed by atoms with Crippen molar-refractivity contribution in [3.05, 3.63) is 0 Å². The van der Waals surface area contributed by atoms with Gasteiger partial charge in [-0.2, -0.15) is 0 Å². The maximum Gasteiger partial charge on any atom is 0.234 e. The number of carbonyl (C=O) groups excluding carboxylic acids is 2. The number of hydrogen-bond donors (Lipinski definition) is 1. The van der Waals surface area contributed by atoms with Gasteiger partial charge in [0.15, 0.2) is 0 Å². The summed E-state index contributed by atoms with van der Waals surface area (Å²) in [5, 5.41) is 2.91. The molecule has 0 aliphatic carbocycles. The number of rotatable bonds is 4. The lowest BCUT2D eigenvalue weighted by molar-refractivity contribution is -0.132. The van der Waals surface area contributed by atoms with E-state index in [1.54, 1.807) is 0 Å². The summed E-state index contributed by atoms with van der Waals surface area (Å²) >= 11 is 0. The molecule has 0 aromatic heterocycles. The van der Waals surface area contributed by atoms with E-state index in [0.717, 1.165) is 25.8 Å². The maximum atomic E-state index is 11.7. The minimum absolute atomic E-state index is 0.109. The van der Waals surface area contributed by atoms with E-state index in [1.807, 2.05) is 0 Å². The van der Waals surface area contributed by atoms with Gasteiger partial charge in [-0.05, 0) is 19.3 Å². The molecule has 17 heavy (non-hydrogen) atoms. The number of Topliss-reactive ketones (excluding diaryl/α,β-unsaturated/α-hetero) is 1. The van der Waals surface area contributed by atoms with Gasteiger partial charge >= 0.3 is 0 Å². The molecular formula is C13H22N2O2. The molecule has 4 nitrogen and oxygen atoms in total. The fourth-order valence-electron chi connectivity index (χ4n) is 3.01. The quantitative estimate of drug-likeness (QED) is 0.798. The lowest BCUT2D eigenvalue weighted by Gasteiger charge is -2.45. The summed E-state index contributed by atoms with van der Waals surface area (Å²) in [5.74, 6) is 0.489. The Morgan fingerprint density at radius 3 is 2.59 bits per heavy atom. The van der Waals surface area contributed by atoms with Crippen molar-refractivity contribution in [3.8, 4) is 0 Å². The highest BCUT2D eigenvalue weighted by Gasteiger charge is 2.38. The van der Waals surface area contributed by atoms with E-state index < -0.39 is 0 Å². The summed E-state index contributed by atoms with van der Waals surface area (Å²) in [6.07, 6.45) is 5.62. The van der Waals surface area contributed by atoms with Crippen LogP contribution in [0.5, 0.6) is 0 Å². The molecule has 0 aromatic carbocycles. The standard InChI is InChI=1S/C13H22N2O2/c1-2-6-14-13(17)9-15-10-4-3-5-11(15)8-12(16)7-10/h10-11H,2-9H2,1H3,(H,14,17). The molecule has 1 N–H and O–H groups in total. The summed E-state index contributed by atoms with van der Waals surface area (Å²) in [4.78, 5) is 25.6. The molecule has 4 heteroatoms. The van der Waals surface area contributed by atoms with E-state index >= 15 is 0 Å². The van der Waals surface area contributed by atoms with Crippen molar-refractivity contribution < 1.29 is 9.59 Å². The molecule has 2 unspecified atom stereocenters. The Bertz CT molecular complexity index is 288. The Morgan fingerprint density at radius 2 is 2.00 bits per heavy atom. The van der Waals surface area contributed by atoms with Crippen molar-refractivity contribution in [3.63, 3.8) is 0 Å². The Balaban J connectivity index is 1.91. The largest absolute Gasteiger partial charge is 0.355 e. The van der Waals surface area contributed by atoms with Crippen LogP contribution in [0.15, 0.2) is 0 Å². The average Bonchev–Trinajstić information content (AvgIpc) is 2.27. The summed E-state index contributed by atoms with van der Waals surface area (Å²) < 4.78 is 0. The van der Waals surface area contributed by atoms with Crippen LogP contribution in [0.25, 0.3) is 0 Å². The molecule has 2 aliphatic rings. The van der Waals surface area contributed by atoms with E-state index in [9.17, 15) is 9.59 Å². The lowest BCUT2D eigenvalue weighted by atomic mass is 9.84. The van der Waals surface area contributed by atoms with E-state index in [2.05, 4.69) is 17.1 Å². The highest BCUT2D eigenvalue weighted by molar-refractivity contribution is 5.82. The van der Waals surface area contributed by atoms with Crippen molar-refractivity contribution in [1.82, 2.24) is 10.2 Å². The monoisotopic (exact) mass is 238 g/mol. The first kappa shape index (κ1) is 12.6. The second-order valence-corrected chi connectivity index (χ2v) is 5.21. The molecule has 2 saturated heterocycles. The molecule has 2 aliphatic heterocycles. The number of fused-ring (bicyclic) bond motifs is 2. The predicted molar refractivity (Wildman–Crippen MR) is 65.7 cm³/mol. The number of nitrogens with zero attached hydrogens (tertiary/aromatic N) is 1. The first-order valence-electron chi connectivity index (χ1n) is 6.75. The van der Waals surface area contributed by atoms with Gasteiger partial charge < -0.3 is 5.32 Å². The first-order valence-corrected chi connectivity index (χ1v) is 6.75. The SMILES string of the molecule is CCCNC(=O)CN1C2CCCC1CC(=O)C2. The molecule has 2 atom stereocenters. The van der Waals surface area contributed by atoms with Gasteiger partial charge in [-0.3, -0.25) is 14.5 Å². The maximum absolute atomic E-state index is 11.7. The van der Waals surface area contributed by atoms with Crippen LogP contribution in [0.3, 0.4) is 0 Å². The van der Waals surface area contributed by atoms with Gasteiger partial charge in [0.05, 0.1) is 6.54 Å². The second-order valence-electron chi connectivity index (χ2n) is 5.21. The van der Waals surface area contributed by atoms with E-state index in [1.165, 1.54) is 6.42 Å². The number of ketones is 1. The number of hydrogen-bond acceptors (Lipinski definition) is 3. The average molecular weight is 238 g/mol. The van der Waals surface area contributed by atoms with Gasteiger partial charge in [-0.1, -0.05) is 13.3 Å². The van der Waals surface area contributed by atoms with Crippen molar-refractivity contribution in [1.29, 1.82) is 0 Å². The van der Waals surface area contributed by atoms with Gasteiger partial charge in [0.1, 0.15) is 5.78 Å². The van der Waals surface area contributed by atoms with Crippen molar-refractivity contribution in [2.75, 3.05) is 13.1 Å². The molecule has 1 amide bonds. The second kappa shape index (κ2) is 5.63. The zero-order valence-corrected chi connectivity index (χ0v) is 10.6. The summed E-state index contributed by atoms with van der Waals surface area (Å²) in [5.41, 5.74) is 0. The lowest BCUT2D eigenvalue weighted by Crippen LogP contribution is -2.55. The van der Waals surface area contributed by atoms with E-state index in [0.29, 0.717) is 37.3 Å². The Hall–Kier alpha value is -0.900. The minimum atomic E-state index is 0.109. The molecule has 0 radical (unpaired) electrons. The fraction of sp³-hybridized carbons (Fsp3) is 0.846. The molecule has 0 saturated carbocycles. The van der Waals surface area contributed by atoms with Crippen LogP contribution in [0.4, 0.5) is 0 Å². The normalized spacial score (nSPS) is 29.1. The van der Waals surface area contributed by atoms with Gasteiger partial charge in [0.2, 0.25) is 5.91 Å². The minimum Gasteiger partial charge on any atom is -0.355 e. The molecule has 2 bridgehead atoms. The number of amides is 1. The van der Waals surface area contributed by atoms with Crippen LogP contribution < -0.4 is 5.32 Å². The number of carbonyl (C=O) groups is 2. The van der Waals surface area contributed by atoms with Gasteiger partial charge in [-0.15, -0.1) is 0 Å². The molecular weight excluding hydrogens is 216 g/mol. The fourth-order valence-corrected chi connectivity index (χ4v) is 3.01. The van der Waals surface area contributed by atoms with Crippen LogP contribution in [0.1, 0.15) is 45.4 Å². The summed E-state index contributed by atoms with van der Waals surface area (Å²) in [7, 11) is 0. The number of nitrogens with one attached hydrogen (secondary N) is 1. The third kappa shape index (κ3) is 3.06. The van der Waals surface area contributed by atoms with Gasteiger partial charge in [0, 0.05) is 31.5 Å². The highest BCUT2D eigenvalue weighted by atomic mass is 16.2. The zero-order chi connectivity index (χ0) is 12.3. The third-order valence-electron chi connectivity index (χ3n) is 3.84. The predicted octanol–water partition coefficient (Wildman–Crippen LogP) is 1.10. The van der Waals surface area contributed by atoms with Crippen molar-refractivity contribution in [2.45, 2.75) is 57.5 Å². The molecule has 0 aromatic rings. The molecule has 2 rings (SSSR count). The molecule has 0 spiro atoms. The zero-order valence-electron chi connectivity index (χ0n) is 10.6. The van der Waals surface area contributed by atoms with E-state index in [4.69, 9.17) is 0 Å². The van der Waals surface area contributed by atoms with Crippen LogP contribution in [0, 0.1) is 0 Å². The summed E-state index contributed by atoms with van der Waals surface area (Å²) in [6, 6.07) is 0.643. The van der Waals surface area contributed by atoms with Crippen LogP contribution in [-0.4, -0.2) is 41.8 Å². The van der Waals surface area contributed by atoms with Crippen LogP contribution >= 0.6 is 0 Å². The number of piperidine rings is 2. The smallest absolute Gasteiger partial charge is 0.234 e. The van der Waals surface area contributed by atoms with Gasteiger partial charge in [-0.25, -0.2) is 0 Å². The third-order valence-corrected chi connectivity index (χ3v) is 3.84. The first-order chi connectivity index (χ1) is 8.20. The summed E-state index contributed by atoms with van der Waals surface area (Å²) in [6.45, 7) is 3.28. The van der Waals surface area contributed by atoms with Gasteiger partial charge in [0.25, 0.3) is 0 Å². The molecule has 2 fully saturated rings. The Kier molecular flexibility index (Phi) is 4.15. The molecule has 96 valence electrons. The van der Waals surface area contributed by atoms with Crippen molar-refractivity contribution >= 4 is 11.7 Å². The highest BCUT2D eigenvalue weighted by Crippen LogP contribution is 2.31. The molecule has 2 heterocycles. The van der Waals surface area contributed by atoms with E-state index in [-0.39, 0.29) is 5.91 Å². The Labute approximate surface area is 103 Å². The van der Waals surface area contributed by atoms with Crippen LogP contribution in [-0.2, 0) is 9.59 Å². The topological polar surface area (TPSA) is 49.4 Å². The Morgan fingerprint density at radius 1 is 1.35 bits per heavy atom.